The number of carbonyl (C=O) groups is 2. The molecule has 0 saturated heterocycles. The van der Waals surface area contributed by atoms with Crippen LogP contribution in [0.25, 0.3) is 0 Å². The second-order valence-electron chi connectivity index (χ2n) is 13.7. The van der Waals surface area contributed by atoms with Gasteiger partial charge in [-0.2, -0.15) is 0 Å². The van der Waals surface area contributed by atoms with Gasteiger partial charge in [0.05, 0.1) is 6.61 Å². The fourth-order valence-electron chi connectivity index (χ4n) is 5.75. The summed E-state index contributed by atoms with van der Waals surface area (Å²) in [6.45, 7) is 4.10. The largest absolute Gasteiger partial charge is 0.462 e. The number of hydrogen-bond donors (Lipinski definition) is 1. The van der Waals surface area contributed by atoms with Gasteiger partial charge in [0, 0.05) is 12.8 Å². The fraction of sp³-hybridized carbons (Fsp3) is 0.814. The van der Waals surface area contributed by atoms with Crippen LogP contribution in [-0.2, 0) is 19.1 Å². The zero-order valence-electron chi connectivity index (χ0n) is 31.7. The van der Waals surface area contributed by atoms with Gasteiger partial charge in [0.25, 0.3) is 0 Å². The number of carbonyl (C=O) groups excluding carboxylic acids is 2. The molecule has 0 rings (SSSR count). The number of aliphatic hydroxyl groups excluding tert-OH is 1. The van der Waals surface area contributed by atoms with Crippen molar-refractivity contribution in [1.29, 1.82) is 0 Å². The molecule has 1 unspecified atom stereocenters. The SMILES string of the molecule is CCCCCC=CCC=CCCCCCCCC(=O)OC(CO)COC(=O)CCCCCCCCCCCC=CCCCCCCCC. The smallest absolute Gasteiger partial charge is 0.306 e. The Labute approximate surface area is 297 Å². The Balaban J connectivity index is 3.55. The van der Waals surface area contributed by atoms with Crippen LogP contribution in [0.5, 0.6) is 0 Å². The van der Waals surface area contributed by atoms with E-state index in [-0.39, 0.29) is 25.2 Å². The number of esters is 2. The van der Waals surface area contributed by atoms with Crippen LogP contribution in [0.1, 0.15) is 206 Å². The zero-order chi connectivity index (χ0) is 35.0. The topological polar surface area (TPSA) is 72.8 Å². The Kier molecular flexibility index (Phi) is 38.0. The van der Waals surface area contributed by atoms with Gasteiger partial charge >= 0.3 is 11.9 Å². The molecule has 0 aromatic rings. The molecular weight excluding hydrogens is 596 g/mol. The predicted molar refractivity (Wildman–Crippen MR) is 205 cm³/mol. The van der Waals surface area contributed by atoms with Gasteiger partial charge < -0.3 is 14.6 Å². The van der Waals surface area contributed by atoms with Crippen molar-refractivity contribution in [2.75, 3.05) is 13.2 Å². The van der Waals surface area contributed by atoms with Crippen molar-refractivity contribution in [2.45, 2.75) is 213 Å². The van der Waals surface area contributed by atoms with Crippen LogP contribution >= 0.6 is 0 Å². The van der Waals surface area contributed by atoms with Crippen LogP contribution < -0.4 is 0 Å². The Morgan fingerprint density at radius 1 is 0.479 bits per heavy atom. The molecule has 0 aliphatic heterocycles. The van der Waals surface area contributed by atoms with Crippen LogP contribution in [0.15, 0.2) is 36.5 Å². The summed E-state index contributed by atoms with van der Waals surface area (Å²) in [7, 11) is 0. The minimum atomic E-state index is -0.777. The highest BCUT2D eigenvalue weighted by molar-refractivity contribution is 5.70. The maximum Gasteiger partial charge on any atom is 0.306 e. The normalized spacial score (nSPS) is 12.5. The third kappa shape index (κ3) is 36.9. The van der Waals surface area contributed by atoms with E-state index < -0.39 is 6.10 Å². The molecule has 5 heteroatoms. The summed E-state index contributed by atoms with van der Waals surface area (Å²) in [6, 6.07) is 0. The number of unbranched alkanes of at least 4 members (excludes halogenated alkanes) is 23. The molecule has 0 heterocycles. The van der Waals surface area contributed by atoms with Gasteiger partial charge in [-0.15, -0.1) is 0 Å². The molecule has 280 valence electrons. The molecule has 0 radical (unpaired) electrons. The van der Waals surface area contributed by atoms with Gasteiger partial charge in [0.1, 0.15) is 6.61 Å². The van der Waals surface area contributed by atoms with E-state index >= 15 is 0 Å². The standard InChI is InChI=1S/C43H78O5/c1-3-5-7-9-11-13-15-17-19-20-21-22-24-25-27-29-31-33-35-37-42(45)47-40-41(39-44)48-43(46)38-36-34-32-30-28-26-23-18-16-14-12-10-8-6-4-2/h12,14,17-19,23,41,44H,3-11,13,15-16,20-22,24-40H2,1-2H3. The van der Waals surface area contributed by atoms with Crippen molar-refractivity contribution >= 4 is 11.9 Å². The molecule has 0 aliphatic rings. The quantitative estimate of drug-likeness (QED) is 0.0403. The molecule has 0 amide bonds. The van der Waals surface area contributed by atoms with Gasteiger partial charge in [-0.3, -0.25) is 9.59 Å². The van der Waals surface area contributed by atoms with E-state index in [2.05, 4.69) is 50.3 Å². The summed E-state index contributed by atoms with van der Waals surface area (Å²) >= 11 is 0. The molecule has 1 atom stereocenters. The van der Waals surface area contributed by atoms with E-state index in [1.165, 1.54) is 128 Å². The van der Waals surface area contributed by atoms with Gasteiger partial charge in [-0.25, -0.2) is 0 Å². The molecule has 0 aromatic carbocycles. The molecule has 48 heavy (non-hydrogen) atoms. The summed E-state index contributed by atoms with van der Waals surface area (Å²) in [4.78, 5) is 24.3. The number of allylic oxidation sites excluding steroid dienone is 6. The van der Waals surface area contributed by atoms with E-state index in [4.69, 9.17) is 9.47 Å². The van der Waals surface area contributed by atoms with Gasteiger partial charge in [0.2, 0.25) is 0 Å². The maximum absolute atomic E-state index is 12.2. The van der Waals surface area contributed by atoms with E-state index in [1.807, 2.05) is 0 Å². The molecule has 0 aromatic heterocycles. The van der Waals surface area contributed by atoms with Crippen LogP contribution in [0.3, 0.4) is 0 Å². The highest BCUT2D eigenvalue weighted by Crippen LogP contribution is 2.13. The van der Waals surface area contributed by atoms with Crippen molar-refractivity contribution in [2.24, 2.45) is 0 Å². The third-order valence-electron chi connectivity index (χ3n) is 8.91. The van der Waals surface area contributed by atoms with Crippen molar-refractivity contribution in [3.05, 3.63) is 36.5 Å². The summed E-state index contributed by atoms with van der Waals surface area (Å²) in [6.07, 6.45) is 47.7. The summed E-state index contributed by atoms with van der Waals surface area (Å²) in [5, 5.41) is 9.56. The van der Waals surface area contributed by atoms with E-state index in [9.17, 15) is 14.7 Å². The second kappa shape index (κ2) is 39.6. The van der Waals surface area contributed by atoms with Crippen LogP contribution in [0, 0.1) is 0 Å². The minimum Gasteiger partial charge on any atom is -0.462 e. The average Bonchev–Trinajstić information content (AvgIpc) is 3.09. The number of aliphatic hydroxyl groups is 1. The first kappa shape index (κ1) is 46.1. The Bertz CT molecular complexity index is 771. The zero-order valence-corrected chi connectivity index (χ0v) is 31.7. The highest BCUT2D eigenvalue weighted by Gasteiger charge is 2.16. The molecule has 0 fully saturated rings. The summed E-state index contributed by atoms with van der Waals surface area (Å²) < 4.78 is 10.6. The lowest BCUT2D eigenvalue weighted by Gasteiger charge is -2.15. The first-order valence-electron chi connectivity index (χ1n) is 20.5. The molecule has 0 bridgehead atoms. The lowest BCUT2D eigenvalue weighted by Crippen LogP contribution is -2.28. The lowest BCUT2D eigenvalue weighted by atomic mass is 10.1. The van der Waals surface area contributed by atoms with Gasteiger partial charge in [-0.05, 0) is 70.6 Å². The second-order valence-corrected chi connectivity index (χ2v) is 13.7. The maximum atomic E-state index is 12.2. The van der Waals surface area contributed by atoms with Crippen molar-refractivity contribution in [1.82, 2.24) is 0 Å². The van der Waals surface area contributed by atoms with E-state index in [0.29, 0.717) is 12.8 Å². The summed E-state index contributed by atoms with van der Waals surface area (Å²) in [5.74, 6) is -0.606. The third-order valence-corrected chi connectivity index (χ3v) is 8.91. The number of hydrogen-bond acceptors (Lipinski definition) is 5. The molecule has 0 saturated carbocycles. The van der Waals surface area contributed by atoms with E-state index in [1.54, 1.807) is 0 Å². The molecule has 1 N–H and O–H groups in total. The minimum absolute atomic E-state index is 0.0713. The monoisotopic (exact) mass is 675 g/mol. The average molecular weight is 675 g/mol. The van der Waals surface area contributed by atoms with Crippen LogP contribution in [-0.4, -0.2) is 36.4 Å². The first-order chi connectivity index (χ1) is 23.6. The van der Waals surface area contributed by atoms with Gasteiger partial charge in [-0.1, -0.05) is 159 Å². The number of ether oxygens (including phenoxy) is 2. The molecule has 5 nitrogen and oxygen atoms in total. The molecular formula is C43H78O5. The Morgan fingerprint density at radius 2 is 0.833 bits per heavy atom. The van der Waals surface area contributed by atoms with Gasteiger partial charge in [0.15, 0.2) is 6.10 Å². The number of rotatable bonds is 37. The van der Waals surface area contributed by atoms with Crippen molar-refractivity contribution < 1.29 is 24.2 Å². The van der Waals surface area contributed by atoms with Crippen LogP contribution in [0.4, 0.5) is 0 Å². The Morgan fingerprint density at radius 3 is 1.29 bits per heavy atom. The highest BCUT2D eigenvalue weighted by atomic mass is 16.6. The summed E-state index contributed by atoms with van der Waals surface area (Å²) in [5.41, 5.74) is 0. The molecule has 0 spiro atoms. The molecule has 0 aliphatic carbocycles. The lowest BCUT2D eigenvalue weighted by molar-refractivity contribution is -0.161. The fourth-order valence-corrected chi connectivity index (χ4v) is 5.75. The van der Waals surface area contributed by atoms with Crippen LogP contribution in [0.2, 0.25) is 0 Å². The Hall–Kier alpha value is -1.88. The van der Waals surface area contributed by atoms with Crippen molar-refractivity contribution in [3.8, 4) is 0 Å². The van der Waals surface area contributed by atoms with E-state index in [0.717, 1.165) is 51.4 Å². The predicted octanol–water partition coefficient (Wildman–Crippen LogP) is 12.8. The van der Waals surface area contributed by atoms with Crippen molar-refractivity contribution in [3.63, 3.8) is 0 Å². The first-order valence-corrected chi connectivity index (χ1v) is 20.5.